The van der Waals surface area contributed by atoms with Crippen molar-refractivity contribution in [3.63, 3.8) is 0 Å². The number of fused-ring (bicyclic) bond motifs is 2. The molecule has 3 aromatic carbocycles. The molecule has 4 aromatic rings. The zero-order valence-electron chi connectivity index (χ0n) is 20.0. The van der Waals surface area contributed by atoms with Crippen LogP contribution in [0.1, 0.15) is 16.4 Å². The van der Waals surface area contributed by atoms with Crippen molar-refractivity contribution in [2.45, 2.75) is 22.7 Å². The summed E-state index contributed by atoms with van der Waals surface area (Å²) in [5.41, 5.74) is 1.41. The van der Waals surface area contributed by atoms with E-state index in [4.69, 9.17) is 0 Å². The van der Waals surface area contributed by atoms with Gasteiger partial charge in [-0.1, -0.05) is 53.4 Å². The van der Waals surface area contributed by atoms with Crippen LogP contribution in [0, 0.1) is 17.6 Å². The van der Waals surface area contributed by atoms with Gasteiger partial charge in [0.2, 0.25) is 17.7 Å². The van der Waals surface area contributed by atoms with Crippen molar-refractivity contribution < 1.29 is 23.2 Å². The molecule has 7 nitrogen and oxygen atoms in total. The standard InChI is InChI=1S/C28H19F2N3O4S2/c29-16-6-10-18(11-7-16)31-20(34)14-32-27-24(39-28(32)37)21(15-4-2-1-3-5-15)22-23(38-27)26(36)33(25(22)35)19-12-8-17(30)9-13-19/h1-13,21-23H,14H2,(H,31,34)/t21-,22?,23?/m1/s1. The number of halogens is 2. The van der Waals surface area contributed by atoms with Crippen LogP contribution in [0.3, 0.4) is 0 Å². The molecule has 1 fully saturated rings. The number of carbonyl (C=O) groups is 3. The quantitative estimate of drug-likeness (QED) is 0.358. The molecule has 1 aromatic heterocycles. The van der Waals surface area contributed by atoms with E-state index in [0.29, 0.717) is 15.6 Å². The molecule has 39 heavy (non-hydrogen) atoms. The van der Waals surface area contributed by atoms with Gasteiger partial charge in [-0.15, -0.1) is 0 Å². The molecule has 0 bridgehead atoms. The Morgan fingerprint density at radius 1 is 0.846 bits per heavy atom. The second kappa shape index (κ2) is 9.90. The average molecular weight is 564 g/mol. The third-order valence-corrected chi connectivity index (χ3v) is 9.33. The van der Waals surface area contributed by atoms with Gasteiger partial charge < -0.3 is 5.32 Å². The maximum absolute atomic E-state index is 13.8. The number of hydrogen-bond donors (Lipinski definition) is 1. The van der Waals surface area contributed by atoms with E-state index < -0.39 is 51.3 Å². The first kappa shape index (κ1) is 25.2. The molecule has 0 radical (unpaired) electrons. The predicted molar refractivity (Wildman–Crippen MR) is 144 cm³/mol. The van der Waals surface area contributed by atoms with Gasteiger partial charge in [-0.2, -0.15) is 0 Å². The highest BCUT2D eigenvalue weighted by Gasteiger charge is 2.56. The first-order chi connectivity index (χ1) is 18.8. The molecule has 2 unspecified atom stereocenters. The molecule has 1 N–H and O–H groups in total. The monoisotopic (exact) mass is 563 g/mol. The summed E-state index contributed by atoms with van der Waals surface area (Å²) in [6.45, 7) is -0.322. The van der Waals surface area contributed by atoms with E-state index in [1.165, 1.54) is 53.1 Å². The minimum atomic E-state index is -0.847. The first-order valence-corrected chi connectivity index (χ1v) is 13.7. The number of hydrogen-bond acceptors (Lipinski definition) is 6. The average Bonchev–Trinajstić information content (AvgIpc) is 3.37. The van der Waals surface area contributed by atoms with Crippen molar-refractivity contribution in [3.05, 3.63) is 111 Å². The van der Waals surface area contributed by atoms with Crippen molar-refractivity contribution >= 4 is 52.2 Å². The highest BCUT2D eigenvalue weighted by Crippen LogP contribution is 2.53. The molecule has 2 aliphatic heterocycles. The summed E-state index contributed by atoms with van der Waals surface area (Å²) in [6.07, 6.45) is 0. The molecule has 0 saturated carbocycles. The summed E-state index contributed by atoms with van der Waals surface area (Å²) in [6, 6.07) is 19.6. The Kier molecular flexibility index (Phi) is 6.40. The van der Waals surface area contributed by atoms with Crippen molar-refractivity contribution in [2.24, 2.45) is 5.92 Å². The van der Waals surface area contributed by atoms with E-state index in [-0.39, 0.29) is 12.2 Å². The lowest BCUT2D eigenvalue weighted by Crippen LogP contribution is -2.33. The van der Waals surface area contributed by atoms with Gasteiger partial charge in [-0.3, -0.25) is 23.7 Å². The van der Waals surface area contributed by atoms with Crippen LogP contribution in [0.15, 0.2) is 88.7 Å². The molecule has 2 aliphatic rings. The van der Waals surface area contributed by atoms with Gasteiger partial charge in [0.05, 0.1) is 16.6 Å². The van der Waals surface area contributed by atoms with Crippen molar-refractivity contribution in [1.29, 1.82) is 0 Å². The van der Waals surface area contributed by atoms with Crippen LogP contribution in [0.25, 0.3) is 0 Å². The molecule has 3 amide bonds. The topological polar surface area (TPSA) is 88.5 Å². The van der Waals surface area contributed by atoms with Crippen LogP contribution in [-0.4, -0.2) is 27.5 Å². The van der Waals surface area contributed by atoms with Crippen LogP contribution in [0.5, 0.6) is 0 Å². The van der Waals surface area contributed by atoms with Gasteiger partial charge in [0.25, 0.3) is 0 Å². The molecule has 196 valence electrons. The highest BCUT2D eigenvalue weighted by molar-refractivity contribution is 8.00. The van der Waals surface area contributed by atoms with Gasteiger partial charge in [-0.25, -0.2) is 13.7 Å². The van der Waals surface area contributed by atoms with Crippen LogP contribution < -0.4 is 15.1 Å². The fraction of sp³-hybridized carbons (Fsp3) is 0.143. The molecular weight excluding hydrogens is 544 g/mol. The van der Waals surface area contributed by atoms with Crippen LogP contribution in [0.4, 0.5) is 20.2 Å². The summed E-state index contributed by atoms with van der Waals surface area (Å²) in [5.74, 6) is -3.70. The Labute approximate surface area is 229 Å². The number of carbonyl (C=O) groups excluding carboxylic acids is 3. The lowest BCUT2D eigenvalue weighted by molar-refractivity contribution is -0.122. The fourth-order valence-electron chi connectivity index (χ4n) is 5.00. The number of benzene rings is 3. The molecule has 11 heteroatoms. The summed E-state index contributed by atoms with van der Waals surface area (Å²) in [4.78, 5) is 54.6. The smallest absolute Gasteiger partial charge is 0.308 e. The molecule has 6 rings (SSSR count). The summed E-state index contributed by atoms with van der Waals surface area (Å²) in [5, 5.41) is 2.26. The lowest BCUT2D eigenvalue weighted by Gasteiger charge is -2.30. The normalized spacial score (nSPS) is 20.1. The van der Waals surface area contributed by atoms with E-state index in [9.17, 15) is 28.0 Å². The number of imide groups is 1. The number of rotatable bonds is 5. The van der Waals surface area contributed by atoms with E-state index in [1.807, 2.05) is 30.3 Å². The van der Waals surface area contributed by atoms with Crippen molar-refractivity contribution in [2.75, 3.05) is 10.2 Å². The fourth-order valence-corrected chi connectivity index (χ4v) is 7.77. The second-order valence-electron chi connectivity index (χ2n) is 9.12. The summed E-state index contributed by atoms with van der Waals surface area (Å²) < 4.78 is 28.1. The van der Waals surface area contributed by atoms with Crippen LogP contribution in [0.2, 0.25) is 0 Å². The Morgan fingerprint density at radius 2 is 1.49 bits per heavy atom. The number of anilines is 2. The van der Waals surface area contributed by atoms with Gasteiger partial charge in [-0.05, 0) is 54.1 Å². The van der Waals surface area contributed by atoms with E-state index in [1.54, 1.807) is 0 Å². The Bertz CT molecular complexity index is 1650. The zero-order chi connectivity index (χ0) is 27.3. The molecular formula is C28H19F2N3O4S2. The van der Waals surface area contributed by atoms with Crippen molar-refractivity contribution in [1.82, 2.24) is 4.57 Å². The Morgan fingerprint density at radius 3 is 2.15 bits per heavy atom. The number of aromatic nitrogens is 1. The van der Waals surface area contributed by atoms with Crippen LogP contribution >= 0.6 is 23.1 Å². The number of thioether (sulfide) groups is 1. The molecule has 0 spiro atoms. The largest absolute Gasteiger partial charge is 0.325 e. The zero-order valence-corrected chi connectivity index (χ0v) is 21.7. The predicted octanol–water partition coefficient (Wildman–Crippen LogP) is 4.62. The highest BCUT2D eigenvalue weighted by atomic mass is 32.2. The van der Waals surface area contributed by atoms with E-state index >= 15 is 0 Å². The maximum Gasteiger partial charge on any atom is 0.308 e. The summed E-state index contributed by atoms with van der Waals surface area (Å²) >= 11 is 2.04. The second-order valence-corrected chi connectivity index (χ2v) is 11.2. The third kappa shape index (κ3) is 4.47. The minimum absolute atomic E-state index is 0.271. The number of nitrogens with one attached hydrogen (secondary N) is 1. The van der Waals surface area contributed by atoms with Gasteiger partial charge in [0, 0.05) is 16.5 Å². The summed E-state index contributed by atoms with van der Waals surface area (Å²) in [7, 11) is 0. The van der Waals surface area contributed by atoms with Gasteiger partial charge in [0.15, 0.2) is 0 Å². The number of thiazole rings is 1. The third-order valence-electron chi connectivity index (χ3n) is 6.72. The number of nitrogens with zero attached hydrogens (tertiary/aromatic N) is 2. The SMILES string of the molecule is O=C(Cn1c2c(sc1=O)[C@H](c1ccccc1)C1C(=O)N(c3ccc(F)cc3)C(=O)C1S2)Nc1ccc(F)cc1. The number of amides is 3. The lowest BCUT2D eigenvalue weighted by atomic mass is 9.83. The van der Waals surface area contributed by atoms with Gasteiger partial charge >= 0.3 is 4.87 Å². The van der Waals surface area contributed by atoms with E-state index in [0.717, 1.165) is 33.6 Å². The molecule has 1 saturated heterocycles. The molecule has 0 aliphatic carbocycles. The minimum Gasteiger partial charge on any atom is -0.325 e. The maximum atomic E-state index is 13.8. The first-order valence-electron chi connectivity index (χ1n) is 12.0. The Balaban J connectivity index is 1.39. The van der Waals surface area contributed by atoms with Crippen LogP contribution in [-0.2, 0) is 20.9 Å². The van der Waals surface area contributed by atoms with Crippen molar-refractivity contribution in [3.8, 4) is 0 Å². The Hall–Kier alpha value is -4.09. The molecule has 3 atom stereocenters. The van der Waals surface area contributed by atoms with E-state index in [2.05, 4.69) is 5.32 Å². The molecule has 3 heterocycles. The van der Waals surface area contributed by atoms with Gasteiger partial charge in [0.1, 0.15) is 23.4 Å².